The molecule has 0 amide bonds. The van der Waals surface area contributed by atoms with Crippen molar-refractivity contribution in [1.29, 1.82) is 0 Å². The highest BCUT2D eigenvalue weighted by Gasteiger charge is 2.42. The van der Waals surface area contributed by atoms with Crippen LogP contribution >= 0.6 is 0 Å². The molecule has 45 heavy (non-hydrogen) atoms. The first-order chi connectivity index (χ1) is 21.4. The highest BCUT2D eigenvalue weighted by atomic mass is 28.3. The molecule has 3 aromatic carbocycles. The van der Waals surface area contributed by atoms with Gasteiger partial charge in [0.25, 0.3) is 5.56 Å². The topological polar surface area (TPSA) is 134 Å². The summed E-state index contributed by atoms with van der Waals surface area (Å²) in [4.78, 5) is 23.5. The van der Waals surface area contributed by atoms with Gasteiger partial charge in [-0.1, -0.05) is 106 Å². The number of rotatable bonds is 8. The second-order valence-corrected chi connectivity index (χ2v) is 18.8. The van der Waals surface area contributed by atoms with Gasteiger partial charge in [0.2, 0.25) is 5.95 Å². The molecule has 0 unspecified atom stereocenters. The van der Waals surface area contributed by atoms with E-state index in [1.807, 2.05) is 36.4 Å². The zero-order chi connectivity index (χ0) is 32.0. The number of nitrogen functional groups attached to an aromatic ring is 2. The SMILES string of the molecule is CC(C)(C)[Si](C)(C)c1cc(N)cc(C(OC[C@@H]2CC[C@H](n3cnc4c(=O)[nH]c(N)nc43)O2)(c2ccccc2)c2ccccc2)c1. The van der Waals surface area contributed by atoms with Crippen molar-refractivity contribution in [2.75, 3.05) is 18.1 Å². The van der Waals surface area contributed by atoms with Crippen LogP contribution in [0.3, 0.4) is 0 Å². The summed E-state index contributed by atoms with van der Waals surface area (Å²) in [5.41, 5.74) is 15.6. The summed E-state index contributed by atoms with van der Waals surface area (Å²) in [6.07, 6.45) is 2.51. The van der Waals surface area contributed by atoms with E-state index in [2.05, 4.69) is 91.3 Å². The molecular formula is C35H42N6O3Si. The lowest BCUT2D eigenvalue weighted by Gasteiger charge is -2.40. The van der Waals surface area contributed by atoms with E-state index in [0.717, 1.165) is 28.8 Å². The van der Waals surface area contributed by atoms with Crippen LogP contribution in [0.25, 0.3) is 11.2 Å². The maximum Gasteiger partial charge on any atom is 0.280 e. The van der Waals surface area contributed by atoms with Gasteiger partial charge in [0, 0.05) is 5.69 Å². The summed E-state index contributed by atoms with van der Waals surface area (Å²) < 4.78 is 15.5. The van der Waals surface area contributed by atoms with Gasteiger partial charge in [0.05, 0.1) is 27.1 Å². The van der Waals surface area contributed by atoms with E-state index in [4.69, 9.17) is 20.9 Å². The van der Waals surface area contributed by atoms with E-state index in [-0.39, 0.29) is 34.4 Å². The molecule has 9 nitrogen and oxygen atoms in total. The smallest absolute Gasteiger partial charge is 0.280 e. The number of ether oxygens (including phenoxy) is 2. The van der Waals surface area contributed by atoms with E-state index in [1.54, 1.807) is 10.9 Å². The molecule has 5 aromatic rings. The minimum Gasteiger partial charge on any atom is -0.399 e. The fourth-order valence-corrected chi connectivity index (χ4v) is 8.04. The number of hydrogen-bond acceptors (Lipinski definition) is 7. The molecule has 2 aromatic heterocycles. The Kier molecular flexibility index (Phi) is 7.92. The maximum absolute atomic E-state index is 12.4. The third kappa shape index (κ3) is 5.58. The van der Waals surface area contributed by atoms with Crippen LogP contribution < -0.4 is 22.2 Å². The van der Waals surface area contributed by atoms with Crippen molar-refractivity contribution < 1.29 is 9.47 Å². The number of nitrogens with one attached hydrogen (secondary N) is 1. The van der Waals surface area contributed by atoms with E-state index in [0.29, 0.717) is 18.7 Å². The Balaban J connectivity index is 1.41. The number of fused-ring (bicyclic) bond motifs is 1. The van der Waals surface area contributed by atoms with Gasteiger partial charge in [-0.15, -0.1) is 0 Å². The zero-order valence-corrected chi connectivity index (χ0v) is 27.6. The third-order valence-corrected chi connectivity index (χ3v) is 15.1. The summed E-state index contributed by atoms with van der Waals surface area (Å²) in [5.74, 6) is 0.0434. The first-order valence-electron chi connectivity index (χ1n) is 15.4. The van der Waals surface area contributed by atoms with E-state index >= 15 is 0 Å². The van der Waals surface area contributed by atoms with Gasteiger partial charge < -0.3 is 20.9 Å². The Morgan fingerprint density at radius 2 is 1.60 bits per heavy atom. The first-order valence-corrected chi connectivity index (χ1v) is 18.4. The van der Waals surface area contributed by atoms with Gasteiger partial charge in [-0.2, -0.15) is 4.98 Å². The van der Waals surface area contributed by atoms with Gasteiger partial charge in [0.1, 0.15) is 11.8 Å². The van der Waals surface area contributed by atoms with Crippen molar-refractivity contribution in [1.82, 2.24) is 19.5 Å². The third-order valence-electron chi connectivity index (χ3n) is 9.65. The van der Waals surface area contributed by atoms with Gasteiger partial charge in [-0.3, -0.25) is 14.3 Å². The first kappa shape index (κ1) is 30.8. The van der Waals surface area contributed by atoms with Crippen LogP contribution in [0.1, 0.15) is 56.5 Å². The van der Waals surface area contributed by atoms with Crippen LogP contribution in [-0.4, -0.2) is 40.3 Å². The average molecular weight is 623 g/mol. The fraction of sp³-hybridized carbons (Fsp3) is 0.343. The summed E-state index contributed by atoms with van der Waals surface area (Å²) in [6, 6.07) is 27.2. The fourth-order valence-electron chi connectivity index (χ4n) is 6.13. The molecule has 5 N–H and O–H groups in total. The number of imidazole rings is 1. The number of H-pyrrole nitrogens is 1. The van der Waals surface area contributed by atoms with Crippen molar-refractivity contribution >= 4 is 36.1 Å². The Bertz CT molecular complexity index is 1820. The molecule has 234 valence electrons. The predicted octanol–water partition coefficient (Wildman–Crippen LogP) is 5.69. The lowest BCUT2D eigenvalue weighted by Crippen LogP contribution is -2.50. The predicted molar refractivity (Wildman–Crippen MR) is 182 cm³/mol. The Morgan fingerprint density at radius 3 is 2.22 bits per heavy atom. The summed E-state index contributed by atoms with van der Waals surface area (Å²) >= 11 is 0. The van der Waals surface area contributed by atoms with Crippen LogP contribution in [0.4, 0.5) is 11.6 Å². The number of nitrogens with two attached hydrogens (primary N) is 2. The molecule has 0 spiro atoms. The second kappa shape index (κ2) is 11.6. The van der Waals surface area contributed by atoms with Crippen LogP contribution in [0, 0.1) is 0 Å². The summed E-state index contributed by atoms with van der Waals surface area (Å²) in [7, 11) is -1.95. The number of anilines is 2. The Labute approximate surface area is 264 Å². The lowest BCUT2D eigenvalue weighted by molar-refractivity contribution is -0.0756. The molecule has 6 rings (SSSR count). The number of benzene rings is 3. The van der Waals surface area contributed by atoms with E-state index < -0.39 is 13.7 Å². The monoisotopic (exact) mass is 622 g/mol. The second-order valence-electron chi connectivity index (χ2n) is 13.5. The minimum atomic E-state index is -1.95. The molecule has 10 heteroatoms. The molecule has 1 aliphatic rings. The quantitative estimate of drug-likeness (QED) is 0.115. The summed E-state index contributed by atoms with van der Waals surface area (Å²) in [5, 5.41) is 1.41. The van der Waals surface area contributed by atoms with Crippen molar-refractivity contribution in [2.24, 2.45) is 0 Å². The number of aromatic nitrogens is 4. The molecule has 1 fully saturated rings. The highest BCUT2D eigenvalue weighted by molar-refractivity contribution is 6.92. The van der Waals surface area contributed by atoms with Gasteiger partial charge >= 0.3 is 0 Å². The van der Waals surface area contributed by atoms with E-state index in [9.17, 15) is 4.79 Å². The molecule has 3 heterocycles. The minimum absolute atomic E-state index is 0.0434. The average Bonchev–Trinajstić information content (AvgIpc) is 3.65. The van der Waals surface area contributed by atoms with Gasteiger partial charge in [0.15, 0.2) is 11.2 Å². The van der Waals surface area contributed by atoms with Crippen molar-refractivity contribution in [2.45, 2.75) is 69.7 Å². The van der Waals surface area contributed by atoms with Crippen molar-refractivity contribution in [3.8, 4) is 0 Å². The van der Waals surface area contributed by atoms with Crippen molar-refractivity contribution in [3.63, 3.8) is 0 Å². The highest BCUT2D eigenvalue weighted by Crippen LogP contribution is 2.43. The van der Waals surface area contributed by atoms with Crippen LogP contribution in [-0.2, 0) is 15.1 Å². The van der Waals surface area contributed by atoms with Crippen LogP contribution in [0.5, 0.6) is 0 Å². The molecule has 1 aliphatic heterocycles. The Morgan fingerprint density at radius 1 is 0.956 bits per heavy atom. The molecule has 0 saturated carbocycles. The maximum atomic E-state index is 12.4. The number of aromatic amines is 1. The van der Waals surface area contributed by atoms with Gasteiger partial charge in [-0.25, -0.2) is 4.98 Å². The standard InChI is InChI=1S/C35H42N6O3Si/c1-34(2,3)45(4,5)28-19-25(18-26(36)20-28)35(23-12-8-6-9-13-23,24-14-10-7-11-15-24)43-21-27-16-17-29(44-27)41-22-38-30-31(41)39-33(37)40-32(30)42/h6-15,18-20,22,27,29H,16-17,21,36H2,1-5H3,(H3,37,39,40,42)/t27-,29+/m0/s1. The number of hydrogen-bond donors (Lipinski definition) is 3. The lowest BCUT2D eigenvalue weighted by atomic mass is 9.80. The van der Waals surface area contributed by atoms with Crippen molar-refractivity contribution in [3.05, 3.63) is 112 Å². The van der Waals surface area contributed by atoms with Crippen LogP contribution in [0.2, 0.25) is 18.1 Å². The normalized spacial score (nSPS) is 17.6. The molecule has 0 bridgehead atoms. The van der Waals surface area contributed by atoms with Gasteiger partial charge in [-0.05, 0) is 46.7 Å². The number of nitrogens with zero attached hydrogens (tertiary/aromatic N) is 3. The molecule has 1 saturated heterocycles. The molecule has 0 aliphatic carbocycles. The van der Waals surface area contributed by atoms with Crippen LogP contribution in [0.15, 0.2) is 90.0 Å². The zero-order valence-electron chi connectivity index (χ0n) is 26.6. The molecule has 2 atom stereocenters. The molecule has 0 radical (unpaired) electrons. The largest absolute Gasteiger partial charge is 0.399 e. The summed E-state index contributed by atoms with van der Waals surface area (Å²) in [6.45, 7) is 12.1. The Hall–Kier alpha value is -4.25. The van der Waals surface area contributed by atoms with E-state index in [1.165, 1.54) is 5.19 Å². The molecular weight excluding hydrogens is 581 g/mol.